The molecule has 1 aliphatic heterocycles. The third-order valence-electron chi connectivity index (χ3n) is 8.73. The van der Waals surface area contributed by atoms with Gasteiger partial charge in [0, 0.05) is 43.9 Å². The molecule has 0 N–H and O–H groups in total. The van der Waals surface area contributed by atoms with E-state index in [-0.39, 0.29) is 17.7 Å². The van der Waals surface area contributed by atoms with E-state index in [0.29, 0.717) is 30.4 Å². The van der Waals surface area contributed by atoms with E-state index in [1.165, 1.54) is 24.1 Å². The van der Waals surface area contributed by atoms with Crippen molar-refractivity contribution in [2.45, 2.75) is 65.2 Å². The average Bonchev–Trinajstić information content (AvgIpc) is 3.08. The van der Waals surface area contributed by atoms with E-state index < -0.39 is 0 Å². The van der Waals surface area contributed by atoms with Crippen LogP contribution in [0.4, 0.5) is 5.69 Å². The summed E-state index contributed by atoms with van der Waals surface area (Å²) in [6.45, 7) is 14.4. The summed E-state index contributed by atoms with van der Waals surface area (Å²) in [6.07, 6.45) is 7.78. The first-order valence-corrected chi connectivity index (χ1v) is 14.0. The van der Waals surface area contributed by atoms with Crippen molar-refractivity contribution >= 4 is 17.4 Å². The molecule has 4 rings (SSSR count). The summed E-state index contributed by atoms with van der Waals surface area (Å²) >= 11 is 0. The lowest BCUT2D eigenvalue weighted by atomic mass is 9.86. The van der Waals surface area contributed by atoms with Gasteiger partial charge in [-0.15, -0.1) is 0 Å². The molecule has 3 atom stereocenters. The van der Waals surface area contributed by atoms with E-state index in [2.05, 4.69) is 53.6 Å². The molecular weight excluding hydrogens is 448 g/mol. The molecule has 196 valence electrons. The van der Waals surface area contributed by atoms with Crippen LogP contribution in [0.2, 0.25) is 0 Å². The van der Waals surface area contributed by atoms with Crippen molar-refractivity contribution in [2.24, 2.45) is 17.8 Å². The Bertz CT molecular complexity index is 946. The number of rotatable bonds is 10. The zero-order valence-electron chi connectivity index (χ0n) is 22.3. The van der Waals surface area contributed by atoms with Crippen LogP contribution in [0.3, 0.4) is 0 Å². The van der Waals surface area contributed by atoms with Crippen LogP contribution in [0.5, 0.6) is 0 Å². The van der Waals surface area contributed by atoms with E-state index in [1.807, 2.05) is 6.92 Å². The van der Waals surface area contributed by atoms with Crippen molar-refractivity contribution in [3.8, 4) is 0 Å². The maximum atomic E-state index is 12.7. The minimum Gasteiger partial charge on any atom is -0.462 e. The largest absolute Gasteiger partial charge is 0.462 e. The SMILES string of the molecule is C=C(C(=O)OCCCCCCN1CCN(c2ccccc2)CC1)[C@@H]1CC[C@H](C)[C@@H]2CC(=O)C(C)=C2C1. The number of unbranched alkanes of at least 4 members (excludes halogenated alkanes) is 3. The summed E-state index contributed by atoms with van der Waals surface area (Å²) in [6, 6.07) is 10.7. The number of ketones is 1. The van der Waals surface area contributed by atoms with Crippen molar-refractivity contribution in [2.75, 3.05) is 44.2 Å². The van der Waals surface area contributed by atoms with Crippen molar-refractivity contribution in [3.05, 3.63) is 53.6 Å². The molecule has 1 aromatic rings. The summed E-state index contributed by atoms with van der Waals surface area (Å²) < 4.78 is 5.60. The number of hydrogen-bond donors (Lipinski definition) is 0. The van der Waals surface area contributed by atoms with Gasteiger partial charge in [0.25, 0.3) is 0 Å². The molecule has 2 aliphatic carbocycles. The van der Waals surface area contributed by atoms with Gasteiger partial charge < -0.3 is 9.64 Å². The Kier molecular flexibility index (Phi) is 9.41. The van der Waals surface area contributed by atoms with Gasteiger partial charge in [-0.2, -0.15) is 0 Å². The van der Waals surface area contributed by atoms with E-state index >= 15 is 0 Å². The molecule has 1 aromatic carbocycles. The highest BCUT2D eigenvalue weighted by Gasteiger charge is 2.38. The second-order valence-corrected chi connectivity index (χ2v) is 11.1. The number of anilines is 1. The van der Waals surface area contributed by atoms with Crippen LogP contribution in [0, 0.1) is 17.8 Å². The number of esters is 1. The Labute approximate surface area is 217 Å². The Morgan fingerprint density at radius 1 is 1.00 bits per heavy atom. The smallest absolute Gasteiger partial charge is 0.333 e. The van der Waals surface area contributed by atoms with Crippen LogP contribution in [-0.4, -0.2) is 56.0 Å². The standard InChI is InChI=1S/C31H44N2O3/c1-23-13-14-26(21-29-25(3)30(34)22-28(23)29)24(2)31(35)36-20-10-5-4-9-15-32-16-18-33(19-17-32)27-11-7-6-8-12-27/h6-8,11-12,23,26,28H,2,4-5,9-10,13-22H2,1,3H3/t23-,26+,28-/m0/s1. The molecule has 0 amide bonds. The van der Waals surface area contributed by atoms with Crippen molar-refractivity contribution in [1.82, 2.24) is 4.90 Å². The summed E-state index contributed by atoms with van der Waals surface area (Å²) in [4.78, 5) is 30.0. The minimum atomic E-state index is -0.245. The van der Waals surface area contributed by atoms with Crippen LogP contribution in [0.25, 0.3) is 0 Å². The molecular formula is C31H44N2O3. The van der Waals surface area contributed by atoms with Crippen LogP contribution >= 0.6 is 0 Å². The van der Waals surface area contributed by atoms with E-state index in [0.717, 1.165) is 70.4 Å². The van der Waals surface area contributed by atoms with Crippen molar-refractivity contribution < 1.29 is 14.3 Å². The molecule has 0 radical (unpaired) electrons. The highest BCUT2D eigenvalue weighted by atomic mass is 16.5. The summed E-state index contributed by atoms with van der Waals surface area (Å²) in [5.41, 5.74) is 4.12. The number of ether oxygens (including phenoxy) is 1. The maximum Gasteiger partial charge on any atom is 0.333 e. The highest BCUT2D eigenvalue weighted by Crippen LogP contribution is 2.45. The molecule has 0 spiro atoms. The molecule has 0 aromatic heterocycles. The first-order valence-electron chi connectivity index (χ1n) is 14.0. The molecule has 5 heteroatoms. The average molecular weight is 493 g/mol. The third kappa shape index (κ3) is 6.67. The van der Waals surface area contributed by atoms with Crippen LogP contribution in [0.1, 0.15) is 65.2 Å². The number of carbonyl (C=O) groups is 2. The van der Waals surface area contributed by atoms with Gasteiger partial charge in [-0.3, -0.25) is 9.69 Å². The summed E-state index contributed by atoms with van der Waals surface area (Å²) in [5.74, 6) is 0.986. The van der Waals surface area contributed by atoms with E-state index in [4.69, 9.17) is 4.74 Å². The van der Waals surface area contributed by atoms with Gasteiger partial charge in [0.2, 0.25) is 0 Å². The minimum absolute atomic E-state index is 0.100. The van der Waals surface area contributed by atoms with Crippen LogP contribution < -0.4 is 4.90 Å². The Hall–Kier alpha value is -2.40. The molecule has 0 unspecified atom stereocenters. The molecule has 36 heavy (non-hydrogen) atoms. The number of fused-ring (bicyclic) bond motifs is 1. The number of carbonyl (C=O) groups excluding carboxylic acids is 2. The van der Waals surface area contributed by atoms with E-state index in [1.54, 1.807) is 0 Å². The Balaban J connectivity index is 1.08. The molecule has 1 saturated carbocycles. The van der Waals surface area contributed by atoms with Crippen molar-refractivity contribution in [1.29, 1.82) is 0 Å². The lowest BCUT2D eigenvalue weighted by Gasteiger charge is -2.36. The first kappa shape index (κ1) is 26.7. The number of nitrogens with zero attached hydrogens (tertiary/aromatic N) is 2. The molecule has 5 nitrogen and oxygen atoms in total. The number of Topliss-reactive ketones (excluding diaryl/α,β-unsaturated/α-hetero) is 1. The van der Waals surface area contributed by atoms with E-state index in [9.17, 15) is 9.59 Å². The van der Waals surface area contributed by atoms with Gasteiger partial charge in [-0.05, 0) is 81.0 Å². The topological polar surface area (TPSA) is 49.9 Å². The fourth-order valence-corrected chi connectivity index (χ4v) is 6.20. The number of benzene rings is 1. The predicted octanol–water partition coefficient (Wildman–Crippen LogP) is 5.81. The quantitative estimate of drug-likeness (QED) is 0.234. The van der Waals surface area contributed by atoms with Gasteiger partial charge in [-0.25, -0.2) is 4.79 Å². The van der Waals surface area contributed by atoms with Gasteiger partial charge in [0.1, 0.15) is 0 Å². The van der Waals surface area contributed by atoms with Crippen molar-refractivity contribution in [3.63, 3.8) is 0 Å². The molecule has 2 fully saturated rings. The fourth-order valence-electron chi connectivity index (χ4n) is 6.20. The third-order valence-corrected chi connectivity index (χ3v) is 8.73. The monoisotopic (exact) mass is 492 g/mol. The number of piperazine rings is 1. The lowest BCUT2D eigenvalue weighted by molar-refractivity contribution is -0.139. The van der Waals surface area contributed by atoms with Gasteiger partial charge in [0.15, 0.2) is 5.78 Å². The first-order chi connectivity index (χ1) is 17.4. The van der Waals surface area contributed by atoms with Gasteiger partial charge >= 0.3 is 5.97 Å². The fraction of sp³-hybridized carbons (Fsp3) is 0.613. The zero-order chi connectivity index (χ0) is 25.5. The predicted molar refractivity (Wildman–Crippen MR) is 146 cm³/mol. The highest BCUT2D eigenvalue weighted by molar-refractivity contribution is 5.98. The summed E-state index contributed by atoms with van der Waals surface area (Å²) in [7, 11) is 0. The maximum absolute atomic E-state index is 12.7. The molecule has 1 heterocycles. The Morgan fingerprint density at radius 3 is 2.47 bits per heavy atom. The van der Waals surface area contributed by atoms with Crippen LogP contribution in [0.15, 0.2) is 53.6 Å². The number of allylic oxidation sites excluding steroid dienone is 2. The van der Waals surface area contributed by atoms with Crippen LogP contribution in [-0.2, 0) is 14.3 Å². The second kappa shape index (κ2) is 12.7. The zero-order valence-corrected chi connectivity index (χ0v) is 22.3. The lowest BCUT2D eigenvalue weighted by Crippen LogP contribution is -2.46. The number of para-hydroxylation sites is 1. The molecule has 3 aliphatic rings. The molecule has 1 saturated heterocycles. The van der Waals surface area contributed by atoms with Gasteiger partial charge in [0.05, 0.1) is 6.61 Å². The summed E-state index contributed by atoms with van der Waals surface area (Å²) in [5, 5.41) is 0. The molecule has 0 bridgehead atoms. The normalized spacial score (nSPS) is 25.0. The van der Waals surface area contributed by atoms with Gasteiger partial charge in [-0.1, -0.05) is 50.1 Å². The number of hydrogen-bond acceptors (Lipinski definition) is 5. The Morgan fingerprint density at radius 2 is 1.72 bits per heavy atom. The second-order valence-electron chi connectivity index (χ2n) is 11.1.